The number of fused-ring (bicyclic) bond motifs is 1. The van der Waals surface area contributed by atoms with Crippen molar-refractivity contribution in [3.05, 3.63) is 45.5 Å². The van der Waals surface area contributed by atoms with Crippen molar-refractivity contribution in [3.63, 3.8) is 0 Å². The molecule has 0 fully saturated rings. The van der Waals surface area contributed by atoms with Gasteiger partial charge in [0.25, 0.3) is 5.56 Å². The molecule has 0 unspecified atom stereocenters. The maximum absolute atomic E-state index is 12.6. The zero-order valence-corrected chi connectivity index (χ0v) is 15.3. The highest BCUT2D eigenvalue weighted by molar-refractivity contribution is 7.99. The van der Waals surface area contributed by atoms with Gasteiger partial charge in [-0.3, -0.25) is 14.2 Å². The summed E-state index contributed by atoms with van der Waals surface area (Å²) >= 11 is 4.06. The number of carbonyl (C=O) groups is 1. The number of hydrogen-bond donors (Lipinski definition) is 1. The van der Waals surface area contributed by atoms with E-state index in [-0.39, 0.29) is 17.2 Å². The lowest BCUT2D eigenvalue weighted by atomic mass is 10.3. The van der Waals surface area contributed by atoms with E-state index in [9.17, 15) is 9.59 Å². The molecule has 3 aromatic rings. The molecule has 1 N–H and O–H groups in total. The van der Waals surface area contributed by atoms with Crippen LogP contribution in [0.3, 0.4) is 0 Å². The molecule has 0 radical (unpaired) electrons. The van der Waals surface area contributed by atoms with Crippen molar-refractivity contribution >= 4 is 55.7 Å². The van der Waals surface area contributed by atoms with Crippen LogP contribution in [0, 0.1) is 6.92 Å². The Labute approximate surface area is 150 Å². The molecular formula is C15H14N4O2S3. The van der Waals surface area contributed by atoms with Gasteiger partial charge in [-0.15, -0.1) is 29.3 Å². The lowest BCUT2D eigenvalue weighted by Gasteiger charge is -2.09. The Bertz CT molecular complexity index is 944. The molecule has 1 amide bonds. The Kier molecular flexibility index (Phi) is 5.12. The third kappa shape index (κ3) is 3.58. The molecule has 0 atom stereocenters. The third-order valence-electron chi connectivity index (χ3n) is 3.06. The minimum absolute atomic E-state index is 0.105. The first-order valence-corrected chi connectivity index (χ1v) is 9.70. The first-order chi connectivity index (χ1) is 11.6. The van der Waals surface area contributed by atoms with Crippen molar-refractivity contribution < 1.29 is 4.79 Å². The van der Waals surface area contributed by atoms with E-state index in [0.717, 1.165) is 4.88 Å². The molecule has 124 valence electrons. The van der Waals surface area contributed by atoms with Crippen LogP contribution in [0.5, 0.6) is 0 Å². The van der Waals surface area contributed by atoms with Crippen LogP contribution >= 0.6 is 34.4 Å². The van der Waals surface area contributed by atoms with Crippen LogP contribution in [0.4, 0.5) is 5.13 Å². The number of hydrogen-bond acceptors (Lipinski definition) is 7. The van der Waals surface area contributed by atoms with Crippen LogP contribution in [0.15, 0.2) is 40.2 Å². The number of thioether (sulfide) groups is 1. The van der Waals surface area contributed by atoms with Crippen molar-refractivity contribution in [2.75, 3.05) is 11.1 Å². The molecule has 0 aliphatic rings. The molecule has 3 aromatic heterocycles. The highest BCUT2D eigenvalue weighted by Gasteiger charge is 2.14. The predicted octanol–water partition coefficient (Wildman–Crippen LogP) is 3.14. The van der Waals surface area contributed by atoms with E-state index in [1.54, 1.807) is 22.2 Å². The molecule has 0 spiro atoms. The van der Waals surface area contributed by atoms with Crippen molar-refractivity contribution in [3.8, 4) is 0 Å². The summed E-state index contributed by atoms with van der Waals surface area (Å²) in [6.45, 7) is 5.98. The average molecular weight is 379 g/mol. The largest absolute Gasteiger partial charge is 0.301 e. The number of thiophene rings is 1. The van der Waals surface area contributed by atoms with Gasteiger partial charge in [-0.05, 0) is 13.0 Å². The Morgan fingerprint density at radius 3 is 3.08 bits per heavy atom. The summed E-state index contributed by atoms with van der Waals surface area (Å²) in [5, 5.41) is 6.19. The highest BCUT2D eigenvalue weighted by atomic mass is 32.2. The van der Waals surface area contributed by atoms with Gasteiger partial charge in [-0.1, -0.05) is 17.8 Å². The third-order valence-corrected chi connectivity index (χ3v) is 5.67. The van der Waals surface area contributed by atoms with Crippen molar-refractivity contribution in [1.29, 1.82) is 0 Å². The van der Waals surface area contributed by atoms with Gasteiger partial charge in [0.1, 0.15) is 4.83 Å². The van der Waals surface area contributed by atoms with E-state index < -0.39 is 0 Å². The van der Waals surface area contributed by atoms with Crippen LogP contribution in [-0.4, -0.2) is 26.2 Å². The number of nitrogens with zero attached hydrogens (tertiary/aromatic N) is 3. The van der Waals surface area contributed by atoms with Gasteiger partial charge >= 0.3 is 0 Å². The molecule has 9 heteroatoms. The Morgan fingerprint density at radius 1 is 1.54 bits per heavy atom. The molecule has 0 aliphatic heterocycles. The fourth-order valence-corrected chi connectivity index (χ4v) is 4.36. The normalized spacial score (nSPS) is 10.9. The second-order valence-electron chi connectivity index (χ2n) is 4.85. The first-order valence-electron chi connectivity index (χ1n) is 7.02. The van der Waals surface area contributed by atoms with Crippen molar-refractivity contribution in [2.45, 2.75) is 18.6 Å². The summed E-state index contributed by atoms with van der Waals surface area (Å²) in [6, 6.07) is 1.85. The molecule has 0 saturated carbocycles. The minimum atomic E-state index is -0.184. The maximum atomic E-state index is 12.6. The summed E-state index contributed by atoms with van der Waals surface area (Å²) in [7, 11) is 0. The molecule has 0 aliphatic carbocycles. The number of rotatable bonds is 6. The smallest absolute Gasteiger partial charge is 0.263 e. The number of aryl methyl sites for hydroxylation is 1. The Balaban J connectivity index is 1.84. The standard InChI is InChI=1S/C15H14N4O2S3/c1-3-5-19-13(21)10-7-9(2)24-12(10)18-15(19)23-8-11(20)17-14-16-4-6-22-14/h3-4,6-7H,1,5,8H2,2H3,(H,16,17,20). The van der Waals surface area contributed by atoms with E-state index in [4.69, 9.17) is 0 Å². The van der Waals surface area contributed by atoms with Gasteiger partial charge in [-0.25, -0.2) is 9.97 Å². The lowest BCUT2D eigenvalue weighted by Crippen LogP contribution is -2.23. The monoisotopic (exact) mass is 378 g/mol. The van der Waals surface area contributed by atoms with E-state index >= 15 is 0 Å². The van der Waals surface area contributed by atoms with Gasteiger partial charge in [0.15, 0.2) is 10.3 Å². The van der Waals surface area contributed by atoms with E-state index in [0.29, 0.717) is 27.0 Å². The molecule has 0 bridgehead atoms. The molecule has 0 saturated heterocycles. The topological polar surface area (TPSA) is 76.9 Å². The molecule has 6 nitrogen and oxygen atoms in total. The van der Waals surface area contributed by atoms with Crippen molar-refractivity contribution in [2.24, 2.45) is 0 Å². The van der Waals surface area contributed by atoms with Crippen LogP contribution in [0.25, 0.3) is 10.2 Å². The minimum Gasteiger partial charge on any atom is -0.301 e. The number of anilines is 1. The molecule has 24 heavy (non-hydrogen) atoms. The maximum Gasteiger partial charge on any atom is 0.263 e. The van der Waals surface area contributed by atoms with E-state index in [1.165, 1.54) is 34.4 Å². The number of amides is 1. The summed E-state index contributed by atoms with van der Waals surface area (Å²) in [5.74, 6) is -0.0317. The molecule has 3 heterocycles. The Morgan fingerprint density at radius 2 is 2.38 bits per heavy atom. The number of allylic oxidation sites excluding steroid dienone is 1. The van der Waals surface area contributed by atoms with Crippen LogP contribution in [0.2, 0.25) is 0 Å². The fourth-order valence-electron chi connectivity index (χ4n) is 2.09. The second-order valence-corrected chi connectivity index (χ2v) is 7.92. The average Bonchev–Trinajstić information content (AvgIpc) is 3.17. The van der Waals surface area contributed by atoms with Crippen molar-refractivity contribution in [1.82, 2.24) is 14.5 Å². The number of aromatic nitrogens is 3. The van der Waals surface area contributed by atoms with E-state index in [1.807, 2.05) is 13.0 Å². The van der Waals surface area contributed by atoms with Crippen LogP contribution < -0.4 is 10.9 Å². The zero-order valence-electron chi connectivity index (χ0n) is 12.8. The zero-order chi connectivity index (χ0) is 17.1. The van der Waals surface area contributed by atoms with Gasteiger partial charge in [0.05, 0.1) is 11.1 Å². The summed E-state index contributed by atoms with van der Waals surface area (Å²) < 4.78 is 1.54. The van der Waals surface area contributed by atoms with Gasteiger partial charge < -0.3 is 5.32 Å². The Hall–Kier alpha value is -1.97. The molecule has 0 aromatic carbocycles. The summed E-state index contributed by atoms with van der Waals surface area (Å²) in [4.78, 5) is 34.9. The summed E-state index contributed by atoms with van der Waals surface area (Å²) in [5.41, 5.74) is -0.105. The van der Waals surface area contributed by atoms with Crippen LogP contribution in [-0.2, 0) is 11.3 Å². The highest BCUT2D eigenvalue weighted by Crippen LogP contribution is 2.24. The van der Waals surface area contributed by atoms with E-state index in [2.05, 4.69) is 21.9 Å². The molecule has 3 rings (SSSR count). The number of carbonyl (C=O) groups excluding carboxylic acids is 1. The molecular weight excluding hydrogens is 364 g/mol. The fraction of sp³-hybridized carbons (Fsp3) is 0.200. The quantitative estimate of drug-likeness (QED) is 0.405. The number of thiazole rings is 1. The SMILES string of the molecule is C=CCn1c(SCC(=O)Nc2nccs2)nc2sc(C)cc2c1=O. The van der Waals surface area contributed by atoms with Gasteiger partial charge in [0, 0.05) is 23.0 Å². The van der Waals surface area contributed by atoms with Gasteiger partial charge in [0.2, 0.25) is 5.91 Å². The number of nitrogens with one attached hydrogen (secondary N) is 1. The van der Waals surface area contributed by atoms with Gasteiger partial charge in [-0.2, -0.15) is 0 Å². The van der Waals surface area contributed by atoms with Crippen LogP contribution in [0.1, 0.15) is 4.88 Å². The lowest BCUT2D eigenvalue weighted by molar-refractivity contribution is -0.113. The second kappa shape index (κ2) is 7.29. The predicted molar refractivity (Wildman–Crippen MR) is 100 cm³/mol. The first kappa shape index (κ1) is 16.9. The summed E-state index contributed by atoms with van der Waals surface area (Å²) in [6.07, 6.45) is 3.28.